The van der Waals surface area contributed by atoms with Gasteiger partial charge in [-0.25, -0.2) is 0 Å². The highest BCUT2D eigenvalue weighted by molar-refractivity contribution is 9.10. The summed E-state index contributed by atoms with van der Waals surface area (Å²) in [6.45, 7) is 0. The van der Waals surface area contributed by atoms with Crippen molar-refractivity contribution in [3.05, 3.63) is 28.7 Å². The molecule has 0 saturated carbocycles. The molecule has 0 aromatic heterocycles. The van der Waals surface area contributed by atoms with Crippen molar-refractivity contribution < 1.29 is 13.0 Å². The molecule has 5 heteroatoms. The molecule has 0 saturated heterocycles. The van der Waals surface area contributed by atoms with Gasteiger partial charge in [-0.1, -0.05) is 22.0 Å². The summed E-state index contributed by atoms with van der Waals surface area (Å²) in [5.41, 5.74) is 0. The van der Waals surface area contributed by atoms with Gasteiger partial charge in [0, 0.05) is 4.47 Å². The number of hydrogen-bond donors (Lipinski definition) is 1. The van der Waals surface area contributed by atoms with Crippen LogP contribution >= 0.6 is 15.9 Å². The van der Waals surface area contributed by atoms with Crippen molar-refractivity contribution in [2.45, 2.75) is 4.90 Å². The van der Waals surface area contributed by atoms with Gasteiger partial charge in [-0.2, -0.15) is 8.42 Å². The summed E-state index contributed by atoms with van der Waals surface area (Å²) in [7, 11) is -4.06. The molecule has 1 rings (SSSR count). The number of halogens is 1. The van der Waals surface area contributed by atoms with Gasteiger partial charge >= 0.3 is 0 Å². The lowest BCUT2D eigenvalue weighted by atomic mass is 10.4. The molecule has 0 spiro atoms. The van der Waals surface area contributed by atoms with Crippen LogP contribution in [-0.2, 0) is 10.1 Å². The molecule has 0 bridgehead atoms. The predicted octanol–water partition coefficient (Wildman–Crippen LogP) is 1.70. The minimum atomic E-state index is -4.06. The van der Waals surface area contributed by atoms with Crippen LogP contribution < -0.4 is 0 Å². The van der Waals surface area contributed by atoms with Gasteiger partial charge in [0.25, 0.3) is 10.1 Å². The molecule has 1 aromatic carbocycles. The molecule has 0 heterocycles. The summed E-state index contributed by atoms with van der Waals surface area (Å²) < 4.78 is 30.2. The summed E-state index contributed by atoms with van der Waals surface area (Å²) >= 11 is 3.08. The van der Waals surface area contributed by atoms with E-state index < -0.39 is 10.1 Å². The molecular formula is C6H5BrO3S. The molecular weight excluding hydrogens is 232 g/mol. The van der Waals surface area contributed by atoms with E-state index in [1.54, 1.807) is 6.07 Å². The zero-order valence-corrected chi connectivity index (χ0v) is 7.76. The zero-order valence-electron chi connectivity index (χ0n) is 5.36. The Balaban J connectivity index is 3.28. The third-order valence-electron chi connectivity index (χ3n) is 1.09. The van der Waals surface area contributed by atoms with Crippen molar-refractivity contribution >= 4 is 26.0 Å². The van der Waals surface area contributed by atoms with Gasteiger partial charge in [-0.15, -0.1) is 0 Å². The fourth-order valence-corrected chi connectivity index (χ4v) is 1.70. The fraction of sp³-hybridized carbons (Fsp3) is 0. The molecule has 1 N–H and O–H groups in total. The van der Waals surface area contributed by atoms with E-state index in [1.807, 2.05) is 0 Å². The Bertz CT molecular complexity index is 358. The largest absolute Gasteiger partial charge is 0.294 e. The highest BCUT2D eigenvalue weighted by Crippen LogP contribution is 2.15. The van der Waals surface area contributed by atoms with Crippen LogP contribution in [-0.4, -0.2) is 13.0 Å². The minimum absolute atomic E-state index is 0.105. The fourth-order valence-electron chi connectivity index (χ4n) is 0.627. The van der Waals surface area contributed by atoms with Gasteiger partial charge in [0.05, 0.1) is 4.90 Å². The van der Waals surface area contributed by atoms with E-state index in [4.69, 9.17) is 4.55 Å². The lowest BCUT2D eigenvalue weighted by molar-refractivity contribution is 0.483. The van der Waals surface area contributed by atoms with E-state index in [2.05, 4.69) is 15.9 Å². The van der Waals surface area contributed by atoms with Gasteiger partial charge in [-0.3, -0.25) is 4.55 Å². The summed E-state index contributed by atoms with van der Waals surface area (Å²) in [6, 6.07) is 5.86. The molecule has 60 valence electrons. The van der Waals surface area contributed by atoms with Crippen molar-refractivity contribution in [2.75, 3.05) is 0 Å². The van der Waals surface area contributed by atoms with Crippen LogP contribution in [0.3, 0.4) is 0 Å². The van der Waals surface area contributed by atoms with Crippen LogP contribution in [0.25, 0.3) is 0 Å². The summed E-state index contributed by atoms with van der Waals surface area (Å²) in [6.07, 6.45) is 0. The van der Waals surface area contributed by atoms with Gasteiger partial charge in [0.15, 0.2) is 0 Å². The second-order valence-electron chi connectivity index (χ2n) is 1.93. The van der Waals surface area contributed by atoms with Crippen LogP contribution in [0.5, 0.6) is 0 Å². The smallest absolute Gasteiger partial charge is 0.282 e. The normalized spacial score (nSPS) is 11.5. The Morgan fingerprint density at radius 2 is 2.00 bits per heavy atom. The molecule has 0 unspecified atom stereocenters. The average Bonchev–Trinajstić information content (AvgIpc) is 1.86. The molecule has 0 aliphatic rings. The third-order valence-corrected chi connectivity index (χ3v) is 2.44. The molecule has 0 aliphatic heterocycles. The van der Waals surface area contributed by atoms with Crippen molar-refractivity contribution in [3.63, 3.8) is 0 Å². The average molecular weight is 237 g/mol. The van der Waals surface area contributed by atoms with Gasteiger partial charge in [0.1, 0.15) is 0 Å². The van der Waals surface area contributed by atoms with Gasteiger partial charge in [-0.05, 0) is 18.2 Å². The Morgan fingerprint density at radius 3 is 2.36 bits per heavy atom. The Hall–Kier alpha value is -0.390. The third kappa shape index (κ3) is 2.28. The van der Waals surface area contributed by atoms with Crippen molar-refractivity contribution in [2.24, 2.45) is 0 Å². The number of rotatable bonds is 1. The first kappa shape index (κ1) is 8.70. The van der Waals surface area contributed by atoms with Gasteiger partial charge < -0.3 is 0 Å². The van der Waals surface area contributed by atoms with E-state index in [0.717, 1.165) is 0 Å². The van der Waals surface area contributed by atoms with Crippen molar-refractivity contribution in [1.29, 1.82) is 0 Å². The first-order valence-corrected chi connectivity index (χ1v) is 4.96. The van der Waals surface area contributed by atoms with Crippen LogP contribution in [0.2, 0.25) is 0 Å². The summed E-state index contributed by atoms with van der Waals surface area (Å²) in [5, 5.41) is 0. The van der Waals surface area contributed by atoms with E-state index in [9.17, 15) is 8.42 Å². The predicted molar refractivity (Wildman–Crippen MR) is 44.0 cm³/mol. The molecule has 0 atom stereocenters. The lowest BCUT2D eigenvalue weighted by Crippen LogP contribution is -1.96. The van der Waals surface area contributed by atoms with E-state index in [0.29, 0.717) is 4.47 Å². The first-order chi connectivity index (χ1) is 5.00. The molecule has 3 nitrogen and oxygen atoms in total. The van der Waals surface area contributed by atoms with Gasteiger partial charge in [0.2, 0.25) is 0 Å². The SMILES string of the molecule is O=S(=O)(O)c1cccc(Br)c1. The van der Waals surface area contributed by atoms with E-state index >= 15 is 0 Å². The highest BCUT2D eigenvalue weighted by atomic mass is 79.9. The standard InChI is InChI=1S/C6H5BrO3S/c7-5-2-1-3-6(4-5)11(8,9)10/h1-4H,(H,8,9,10). The molecule has 1 aromatic rings. The number of hydrogen-bond acceptors (Lipinski definition) is 2. The monoisotopic (exact) mass is 236 g/mol. The Kier molecular flexibility index (Phi) is 2.31. The summed E-state index contributed by atoms with van der Waals surface area (Å²) in [5.74, 6) is 0. The first-order valence-electron chi connectivity index (χ1n) is 2.73. The maximum absolute atomic E-state index is 10.5. The highest BCUT2D eigenvalue weighted by Gasteiger charge is 2.07. The number of benzene rings is 1. The molecule has 11 heavy (non-hydrogen) atoms. The van der Waals surface area contributed by atoms with Crippen molar-refractivity contribution in [1.82, 2.24) is 0 Å². The van der Waals surface area contributed by atoms with Crippen LogP contribution in [0, 0.1) is 0 Å². The van der Waals surface area contributed by atoms with Crippen LogP contribution in [0.1, 0.15) is 0 Å². The van der Waals surface area contributed by atoms with Crippen molar-refractivity contribution in [3.8, 4) is 0 Å². The maximum atomic E-state index is 10.5. The Morgan fingerprint density at radius 1 is 1.36 bits per heavy atom. The quantitative estimate of drug-likeness (QED) is 0.756. The second-order valence-corrected chi connectivity index (χ2v) is 4.27. The Labute approximate surface area is 72.9 Å². The molecule has 0 fully saturated rings. The molecule has 0 amide bonds. The zero-order chi connectivity index (χ0) is 8.48. The van der Waals surface area contributed by atoms with E-state index in [1.165, 1.54) is 18.2 Å². The molecule has 0 aliphatic carbocycles. The van der Waals surface area contributed by atoms with E-state index in [-0.39, 0.29) is 4.90 Å². The van der Waals surface area contributed by atoms with Crippen LogP contribution in [0.15, 0.2) is 33.6 Å². The van der Waals surface area contributed by atoms with Crippen LogP contribution in [0.4, 0.5) is 0 Å². The second kappa shape index (κ2) is 2.92. The topological polar surface area (TPSA) is 54.4 Å². The lowest BCUT2D eigenvalue weighted by Gasteiger charge is -1.95. The minimum Gasteiger partial charge on any atom is -0.282 e. The maximum Gasteiger partial charge on any atom is 0.294 e. The summed E-state index contributed by atoms with van der Waals surface area (Å²) in [4.78, 5) is -0.105. The molecule has 0 radical (unpaired) electrons.